The number of hydrogen-bond donors (Lipinski definition) is 1. The molecule has 0 bridgehead atoms. The first-order chi connectivity index (χ1) is 9.69. The minimum absolute atomic E-state index is 0.108. The van der Waals surface area contributed by atoms with Crippen LogP contribution >= 0.6 is 15.9 Å². The number of benzene rings is 1. The zero-order valence-electron chi connectivity index (χ0n) is 13.0. The molecule has 2 unspecified atom stereocenters. The Balaban J connectivity index is 2.52. The summed E-state index contributed by atoms with van der Waals surface area (Å²) < 4.78 is 7.37. The van der Waals surface area contributed by atoms with Gasteiger partial charge in [-0.1, -0.05) is 66.7 Å². The molecule has 0 aliphatic rings. The highest BCUT2D eigenvalue weighted by atomic mass is 79.9. The smallest absolute Gasteiger partial charge is 0.0963 e. The highest BCUT2D eigenvalue weighted by Gasteiger charge is 2.17. The second-order valence-electron chi connectivity index (χ2n) is 5.36. The van der Waals surface area contributed by atoms with E-state index in [2.05, 4.69) is 53.3 Å². The van der Waals surface area contributed by atoms with Crippen LogP contribution in [0.3, 0.4) is 0 Å². The summed E-state index contributed by atoms with van der Waals surface area (Å²) in [6.07, 6.45) is 6.75. The summed E-state index contributed by atoms with van der Waals surface area (Å²) in [7, 11) is 1.97. The molecule has 114 valence electrons. The first kappa shape index (κ1) is 17.7. The maximum Gasteiger partial charge on any atom is 0.0963 e. The van der Waals surface area contributed by atoms with Gasteiger partial charge < -0.3 is 10.1 Å². The quantitative estimate of drug-likeness (QED) is 0.598. The Labute approximate surface area is 132 Å². The third-order valence-corrected chi connectivity index (χ3v) is 4.22. The summed E-state index contributed by atoms with van der Waals surface area (Å²) in [6, 6.07) is 8.32. The van der Waals surface area contributed by atoms with Crippen LogP contribution in [0.15, 0.2) is 28.7 Å². The van der Waals surface area contributed by atoms with Gasteiger partial charge in [0.25, 0.3) is 0 Å². The van der Waals surface area contributed by atoms with Crippen LogP contribution in [0.2, 0.25) is 0 Å². The summed E-state index contributed by atoms with van der Waals surface area (Å²) in [5.74, 6) is 0. The molecule has 0 aliphatic carbocycles. The Kier molecular flexibility index (Phi) is 9.16. The minimum Gasteiger partial charge on any atom is -0.369 e. The predicted molar refractivity (Wildman–Crippen MR) is 90.1 cm³/mol. The molecule has 0 fully saturated rings. The van der Waals surface area contributed by atoms with Crippen LogP contribution in [0.5, 0.6) is 0 Å². The summed E-state index contributed by atoms with van der Waals surface area (Å²) >= 11 is 3.62. The average molecular weight is 342 g/mol. The van der Waals surface area contributed by atoms with Crippen LogP contribution in [0.4, 0.5) is 0 Å². The van der Waals surface area contributed by atoms with Crippen molar-refractivity contribution in [2.24, 2.45) is 0 Å². The number of halogens is 1. The largest absolute Gasteiger partial charge is 0.369 e. The van der Waals surface area contributed by atoms with Crippen LogP contribution in [0.25, 0.3) is 0 Å². The van der Waals surface area contributed by atoms with Crippen LogP contribution in [-0.4, -0.2) is 19.7 Å². The molecule has 0 amide bonds. The Morgan fingerprint density at radius 2 is 1.95 bits per heavy atom. The molecule has 0 aliphatic heterocycles. The lowest BCUT2D eigenvalue weighted by Gasteiger charge is -2.23. The predicted octanol–water partition coefficient (Wildman–Crippen LogP) is 5.09. The monoisotopic (exact) mass is 341 g/mol. The van der Waals surface area contributed by atoms with E-state index in [1.165, 1.54) is 31.2 Å². The number of ether oxygens (including phenoxy) is 1. The first-order valence-corrected chi connectivity index (χ1v) is 8.52. The van der Waals surface area contributed by atoms with E-state index in [4.69, 9.17) is 4.74 Å². The van der Waals surface area contributed by atoms with Gasteiger partial charge in [0.2, 0.25) is 0 Å². The topological polar surface area (TPSA) is 21.3 Å². The summed E-state index contributed by atoms with van der Waals surface area (Å²) in [6.45, 7) is 5.27. The SMILES string of the molecule is CCCCCCC(C)OC(CNC)c1ccccc1Br. The molecule has 2 nitrogen and oxygen atoms in total. The molecule has 20 heavy (non-hydrogen) atoms. The van der Waals surface area contributed by atoms with Gasteiger partial charge >= 0.3 is 0 Å². The van der Waals surface area contributed by atoms with E-state index < -0.39 is 0 Å². The van der Waals surface area contributed by atoms with Gasteiger partial charge in [0.05, 0.1) is 12.2 Å². The number of nitrogens with one attached hydrogen (secondary N) is 1. The van der Waals surface area contributed by atoms with Gasteiger partial charge in [-0.05, 0) is 32.0 Å². The second kappa shape index (κ2) is 10.4. The zero-order valence-corrected chi connectivity index (χ0v) is 14.6. The maximum atomic E-state index is 6.25. The molecule has 0 heterocycles. The lowest BCUT2D eigenvalue weighted by atomic mass is 10.1. The van der Waals surface area contributed by atoms with E-state index in [0.29, 0.717) is 6.10 Å². The van der Waals surface area contributed by atoms with Crippen molar-refractivity contribution in [1.29, 1.82) is 0 Å². The molecular formula is C17H28BrNO. The highest BCUT2D eigenvalue weighted by Crippen LogP contribution is 2.27. The number of likely N-dealkylation sites (N-methyl/N-ethyl adjacent to an activating group) is 1. The lowest BCUT2D eigenvalue weighted by molar-refractivity contribution is -0.00755. The highest BCUT2D eigenvalue weighted by molar-refractivity contribution is 9.10. The van der Waals surface area contributed by atoms with E-state index >= 15 is 0 Å². The summed E-state index contributed by atoms with van der Waals surface area (Å²) in [4.78, 5) is 0. The van der Waals surface area contributed by atoms with Crippen molar-refractivity contribution in [2.45, 2.75) is 58.2 Å². The third-order valence-electron chi connectivity index (χ3n) is 3.50. The molecule has 1 rings (SSSR count). The molecular weight excluding hydrogens is 314 g/mol. The molecule has 1 aromatic rings. The number of hydrogen-bond acceptors (Lipinski definition) is 2. The minimum atomic E-state index is 0.108. The van der Waals surface area contributed by atoms with E-state index in [-0.39, 0.29) is 6.10 Å². The maximum absolute atomic E-state index is 6.25. The van der Waals surface area contributed by atoms with E-state index in [1.807, 2.05) is 13.1 Å². The van der Waals surface area contributed by atoms with E-state index in [9.17, 15) is 0 Å². The van der Waals surface area contributed by atoms with Gasteiger partial charge in [0, 0.05) is 11.0 Å². The number of rotatable bonds is 10. The van der Waals surface area contributed by atoms with Crippen LogP contribution in [-0.2, 0) is 4.74 Å². The second-order valence-corrected chi connectivity index (χ2v) is 6.22. The van der Waals surface area contributed by atoms with Crippen molar-refractivity contribution in [1.82, 2.24) is 5.32 Å². The third kappa shape index (κ3) is 6.38. The van der Waals surface area contributed by atoms with Crippen molar-refractivity contribution in [3.05, 3.63) is 34.3 Å². The Morgan fingerprint density at radius 3 is 2.60 bits per heavy atom. The summed E-state index contributed by atoms with van der Waals surface area (Å²) in [5.41, 5.74) is 1.22. The molecule has 2 atom stereocenters. The van der Waals surface area contributed by atoms with E-state index in [0.717, 1.165) is 17.4 Å². The standard InChI is InChI=1S/C17H28BrNO/c1-4-5-6-7-10-14(2)20-17(13-19-3)15-11-8-9-12-16(15)18/h8-9,11-12,14,17,19H,4-7,10,13H2,1-3H3. The first-order valence-electron chi connectivity index (χ1n) is 7.73. The van der Waals surface area contributed by atoms with Gasteiger partial charge in [0.1, 0.15) is 0 Å². The molecule has 0 aromatic heterocycles. The molecule has 0 saturated carbocycles. The molecule has 0 radical (unpaired) electrons. The van der Waals surface area contributed by atoms with E-state index in [1.54, 1.807) is 0 Å². The fourth-order valence-corrected chi connectivity index (χ4v) is 2.90. The van der Waals surface area contributed by atoms with Crippen LogP contribution in [0.1, 0.15) is 57.6 Å². The number of unbranched alkanes of at least 4 members (excludes halogenated alkanes) is 3. The fraction of sp³-hybridized carbons (Fsp3) is 0.647. The lowest BCUT2D eigenvalue weighted by Crippen LogP contribution is -2.23. The Bertz CT molecular complexity index is 370. The molecule has 3 heteroatoms. The Hall–Kier alpha value is -0.380. The van der Waals surface area contributed by atoms with Crippen molar-refractivity contribution in [3.8, 4) is 0 Å². The zero-order chi connectivity index (χ0) is 14.8. The van der Waals surface area contributed by atoms with Gasteiger partial charge in [-0.15, -0.1) is 0 Å². The van der Waals surface area contributed by atoms with Crippen molar-refractivity contribution < 1.29 is 4.74 Å². The van der Waals surface area contributed by atoms with Gasteiger partial charge in [-0.2, -0.15) is 0 Å². The van der Waals surface area contributed by atoms with Crippen LogP contribution in [0, 0.1) is 0 Å². The van der Waals surface area contributed by atoms with Crippen LogP contribution < -0.4 is 5.32 Å². The van der Waals surface area contributed by atoms with Crippen molar-refractivity contribution in [2.75, 3.05) is 13.6 Å². The molecule has 0 saturated heterocycles. The Morgan fingerprint density at radius 1 is 1.20 bits per heavy atom. The summed E-state index contributed by atoms with van der Waals surface area (Å²) in [5, 5.41) is 3.23. The van der Waals surface area contributed by atoms with Crippen molar-refractivity contribution >= 4 is 15.9 Å². The molecule has 1 N–H and O–H groups in total. The van der Waals surface area contributed by atoms with Gasteiger partial charge in [-0.25, -0.2) is 0 Å². The average Bonchev–Trinajstić information content (AvgIpc) is 2.44. The normalized spacial score (nSPS) is 14.2. The van der Waals surface area contributed by atoms with Gasteiger partial charge in [-0.3, -0.25) is 0 Å². The fourth-order valence-electron chi connectivity index (χ4n) is 2.36. The van der Waals surface area contributed by atoms with Crippen molar-refractivity contribution in [3.63, 3.8) is 0 Å². The molecule has 1 aromatic carbocycles. The molecule has 0 spiro atoms. The van der Waals surface area contributed by atoms with Gasteiger partial charge in [0.15, 0.2) is 0 Å².